The lowest BCUT2D eigenvalue weighted by Gasteiger charge is -2.34. The Balaban J connectivity index is 1.74. The maximum absolute atomic E-state index is 3.81. The van der Waals surface area contributed by atoms with Gasteiger partial charge in [-0.2, -0.15) is 0 Å². The summed E-state index contributed by atoms with van der Waals surface area (Å²) in [4.78, 5) is 0. The molecule has 0 aliphatic heterocycles. The maximum atomic E-state index is 3.81. The van der Waals surface area contributed by atoms with Crippen LogP contribution in [0.4, 0.5) is 0 Å². The fourth-order valence-electron chi connectivity index (χ4n) is 3.68. The van der Waals surface area contributed by atoms with E-state index in [4.69, 9.17) is 0 Å². The van der Waals surface area contributed by atoms with Gasteiger partial charge in [-0.05, 0) is 29.9 Å². The molecule has 0 radical (unpaired) electrons. The largest absolute Gasteiger partial charge is 0.350 e. The second kappa shape index (κ2) is 5.61. The zero-order valence-electron chi connectivity index (χ0n) is 12.9. The number of nitrogens with zero attached hydrogens (tertiary/aromatic N) is 1. The maximum Gasteiger partial charge on any atom is 0.0481 e. The number of benzene rings is 1. The van der Waals surface area contributed by atoms with E-state index in [1.807, 2.05) is 0 Å². The summed E-state index contributed by atoms with van der Waals surface area (Å²) in [6.07, 6.45) is 6.37. The molecule has 1 saturated carbocycles. The highest BCUT2D eigenvalue weighted by Gasteiger charge is 2.26. The van der Waals surface area contributed by atoms with Gasteiger partial charge in [-0.15, -0.1) is 0 Å². The van der Waals surface area contributed by atoms with Crippen molar-refractivity contribution >= 4 is 10.9 Å². The van der Waals surface area contributed by atoms with Crippen LogP contribution in [0.2, 0.25) is 0 Å². The molecule has 20 heavy (non-hydrogen) atoms. The van der Waals surface area contributed by atoms with Gasteiger partial charge < -0.3 is 9.88 Å². The van der Waals surface area contributed by atoms with Crippen LogP contribution in [0.15, 0.2) is 30.5 Å². The lowest BCUT2D eigenvalue weighted by atomic mass is 9.78. The number of rotatable bonds is 3. The van der Waals surface area contributed by atoms with E-state index in [0.29, 0.717) is 6.04 Å². The molecular weight excluding hydrogens is 244 g/mol. The molecule has 0 spiro atoms. The van der Waals surface area contributed by atoms with Gasteiger partial charge in [0.2, 0.25) is 0 Å². The van der Waals surface area contributed by atoms with Gasteiger partial charge in [0.05, 0.1) is 0 Å². The molecule has 0 amide bonds. The first-order valence-electron chi connectivity index (χ1n) is 7.93. The van der Waals surface area contributed by atoms with Crippen LogP contribution in [-0.4, -0.2) is 10.6 Å². The number of hydrogen-bond acceptors (Lipinski definition) is 1. The normalized spacial score (nSPS) is 27.1. The average Bonchev–Trinajstić information content (AvgIpc) is 2.78. The molecular formula is C18H26N2. The first kappa shape index (κ1) is 13.7. The van der Waals surface area contributed by atoms with E-state index in [1.165, 1.54) is 35.7 Å². The van der Waals surface area contributed by atoms with Gasteiger partial charge in [0, 0.05) is 36.7 Å². The van der Waals surface area contributed by atoms with Crippen LogP contribution in [0.3, 0.4) is 0 Å². The zero-order valence-corrected chi connectivity index (χ0v) is 12.9. The lowest BCUT2D eigenvalue weighted by molar-refractivity contribution is 0.206. The van der Waals surface area contributed by atoms with Crippen molar-refractivity contribution in [3.63, 3.8) is 0 Å². The Morgan fingerprint density at radius 1 is 1.20 bits per heavy atom. The van der Waals surface area contributed by atoms with E-state index in [1.54, 1.807) is 0 Å². The van der Waals surface area contributed by atoms with Crippen LogP contribution in [-0.2, 0) is 13.6 Å². The summed E-state index contributed by atoms with van der Waals surface area (Å²) in [5.41, 5.74) is 2.75. The molecule has 0 saturated heterocycles. The Morgan fingerprint density at radius 2 is 2.00 bits per heavy atom. The average molecular weight is 270 g/mol. The van der Waals surface area contributed by atoms with Crippen molar-refractivity contribution in [2.75, 3.05) is 0 Å². The fourth-order valence-corrected chi connectivity index (χ4v) is 3.68. The third-order valence-corrected chi connectivity index (χ3v) is 5.24. The van der Waals surface area contributed by atoms with Crippen molar-refractivity contribution in [1.82, 2.24) is 9.88 Å². The number of hydrogen-bond donors (Lipinski definition) is 1. The SMILES string of the molecule is CC1CCCC(NCc2cn(C)c3ccccc23)C1C. The number of aromatic nitrogens is 1. The molecule has 2 aromatic rings. The third kappa shape index (κ3) is 2.49. The molecule has 1 aliphatic carbocycles. The van der Waals surface area contributed by atoms with Crippen LogP contribution in [0.1, 0.15) is 38.7 Å². The number of fused-ring (bicyclic) bond motifs is 1. The Labute approximate surface area is 122 Å². The van der Waals surface area contributed by atoms with Gasteiger partial charge in [-0.25, -0.2) is 0 Å². The highest BCUT2D eigenvalue weighted by Crippen LogP contribution is 2.30. The summed E-state index contributed by atoms with van der Waals surface area (Å²) in [6, 6.07) is 9.36. The molecule has 1 N–H and O–H groups in total. The van der Waals surface area contributed by atoms with Crippen LogP contribution < -0.4 is 5.32 Å². The molecule has 108 valence electrons. The molecule has 3 atom stereocenters. The van der Waals surface area contributed by atoms with Gasteiger partial charge in [-0.3, -0.25) is 0 Å². The number of nitrogens with one attached hydrogen (secondary N) is 1. The Bertz CT molecular complexity index is 584. The van der Waals surface area contributed by atoms with Crippen molar-refractivity contribution in [2.24, 2.45) is 18.9 Å². The van der Waals surface area contributed by atoms with Gasteiger partial charge >= 0.3 is 0 Å². The summed E-state index contributed by atoms with van der Waals surface area (Å²) in [5, 5.41) is 5.20. The lowest BCUT2D eigenvalue weighted by Crippen LogP contribution is -2.40. The summed E-state index contributed by atoms with van der Waals surface area (Å²) in [5.74, 6) is 1.65. The number of para-hydroxylation sites is 1. The molecule has 1 fully saturated rings. The Hall–Kier alpha value is -1.28. The first-order valence-corrected chi connectivity index (χ1v) is 7.93. The predicted octanol–water partition coefficient (Wildman–Crippen LogP) is 4.09. The van der Waals surface area contributed by atoms with E-state index < -0.39 is 0 Å². The van der Waals surface area contributed by atoms with Gasteiger partial charge in [0.15, 0.2) is 0 Å². The predicted molar refractivity (Wildman–Crippen MR) is 85.7 cm³/mol. The molecule has 1 aromatic heterocycles. The van der Waals surface area contributed by atoms with E-state index in [2.05, 4.69) is 61.2 Å². The standard InChI is InChI=1S/C18H26N2/c1-13-7-6-9-17(14(13)2)19-11-15-12-20(3)18-10-5-4-8-16(15)18/h4-5,8,10,12-14,17,19H,6-7,9,11H2,1-3H3. The molecule has 2 heteroatoms. The van der Waals surface area contributed by atoms with Crippen molar-refractivity contribution in [3.8, 4) is 0 Å². The van der Waals surface area contributed by atoms with E-state index in [9.17, 15) is 0 Å². The minimum atomic E-state index is 0.678. The summed E-state index contributed by atoms with van der Waals surface area (Å²) >= 11 is 0. The van der Waals surface area contributed by atoms with Gasteiger partial charge in [-0.1, -0.05) is 44.9 Å². The quantitative estimate of drug-likeness (QED) is 0.889. The van der Waals surface area contributed by atoms with Crippen molar-refractivity contribution in [3.05, 3.63) is 36.0 Å². The topological polar surface area (TPSA) is 17.0 Å². The highest BCUT2D eigenvalue weighted by molar-refractivity contribution is 5.83. The van der Waals surface area contributed by atoms with Crippen molar-refractivity contribution in [1.29, 1.82) is 0 Å². The summed E-state index contributed by atoms with van der Waals surface area (Å²) in [7, 11) is 2.14. The summed E-state index contributed by atoms with van der Waals surface area (Å²) < 4.78 is 2.24. The van der Waals surface area contributed by atoms with E-state index >= 15 is 0 Å². The van der Waals surface area contributed by atoms with Gasteiger partial charge in [0.25, 0.3) is 0 Å². The second-order valence-electron chi connectivity index (χ2n) is 6.54. The van der Waals surface area contributed by atoms with Crippen LogP contribution in [0, 0.1) is 11.8 Å². The monoisotopic (exact) mass is 270 g/mol. The fraction of sp³-hybridized carbons (Fsp3) is 0.556. The molecule has 3 rings (SSSR count). The highest BCUT2D eigenvalue weighted by atomic mass is 15.0. The van der Waals surface area contributed by atoms with E-state index in [-0.39, 0.29) is 0 Å². The molecule has 0 bridgehead atoms. The molecule has 1 heterocycles. The smallest absolute Gasteiger partial charge is 0.0481 e. The Kier molecular flexibility index (Phi) is 3.84. The molecule has 3 unspecified atom stereocenters. The van der Waals surface area contributed by atoms with E-state index in [0.717, 1.165) is 18.4 Å². The van der Waals surface area contributed by atoms with Crippen molar-refractivity contribution < 1.29 is 0 Å². The Morgan fingerprint density at radius 3 is 2.85 bits per heavy atom. The second-order valence-corrected chi connectivity index (χ2v) is 6.54. The van der Waals surface area contributed by atoms with Crippen LogP contribution >= 0.6 is 0 Å². The third-order valence-electron chi connectivity index (χ3n) is 5.24. The van der Waals surface area contributed by atoms with Crippen molar-refractivity contribution in [2.45, 2.75) is 45.7 Å². The minimum Gasteiger partial charge on any atom is -0.350 e. The van der Waals surface area contributed by atoms with Crippen LogP contribution in [0.25, 0.3) is 10.9 Å². The first-order chi connectivity index (χ1) is 9.66. The minimum absolute atomic E-state index is 0.678. The molecule has 1 aromatic carbocycles. The summed E-state index contributed by atoms with van der Waals surface area (Å²) in [6.45, 7) is 5.80. The van der Waals surface area contributed by atoms with Crippen LogP contribution in [0.5, 0.6) is 0 Å². The molecule has 1 aliphatic rings. The zero-order chi connectivity index (χ0) is 14.1. The molecule has 2 nitrogen and oxygen atoms in total. The number of aryl methyl sites for hydroxylation is 1. The van der Waals surface area contributed by atoms with Gasteiger partial charge in [0.1, 0.15) is 0 Å².